The average molecular weight is 201 g/mol. The van der Waals surface area contributed by atoms with Gasteiger partial charge in [-0.05, 0) is 6.92 Å². The van der Waals surface area contributed by atoms with E-state index in [9.17, 15) is 0 Å². The van der Waals surface area contributed by atoms with Gasteiger partial charge >= 0.3 is 5.96 Å². The van der Waals surface area contributed by atoms with E-state index in [-0.39, 0.29) is 5.96 Å². The molecule has 6 nitrogen and oxygen atoms in total. The van der Waals surface area contributed by atoms with Crippen LogP contribution in [0.2, 0.25) is 0 Å². The zero-order valence-corrected chi connectivity index (χ0v) is 9.63. The van der Waals surface area contributed by atoms with Crippen LogP contribution in [-0.2, 0) is 0 Å². The molecule has 0 radical (unpaired) electrons. The molecule has 0 bridgehead atoms. The van der Waals surface area contributed by atoms with Crippen molar-refractivity contribution in [1.82, 2.24) is 10.4 Å². The quantitative estimate of drug-likeness (QED) is 0.229. The van der Waals surface area contributed by atoms with Gasteiger partial charge in [0.05, 0.1) is 21.1 Å². The molecule has 0 atom stereocenters. The van der Waals surface area contributed by atoms with Gasteiger partial charge < -0.3 is 5.73 Å². The zero-order chi connectivity index (χ0) is 11.4. The van der Waals surface area contributed by atoms with Gasteiger partial charge in [0.25, 0.3) is 0 Å². The number of guanidine groups is 2. The summed E-state index contributed by atoms with van der Waals surface area (Å²) in [5, 5.41) is 8.92. The molecule has 0 saturated carbocycles. The molecule has 0 aliphatic rings. The monoisotopic (exact) mass is 201 g/mol. The highest BCUT2D eigenvalue weighted by Gasteiger charge is 2.24. The SMILES string of the molecule is CCN(NC(=N)N)/C(=N\C)[N+](C)(C)C. The van der Waals surface area contributed by atoms with Crippen LogP contribution >= 0.6 is 0 Å². The molecular weight excluding hydrogens is 180 g/mol. The van der Waals surface area contributed by atoms with Crippen molar-refractivity contribution in [3.63, 3.8) is 0 Å². The first-order valence-electron chi connectivity index (χ1n) is 4.50. The maximum atomic E-state index is 7.16. The van der Waals surface area contributed by atoms with E-state index < -0.39 is 0 Å². The zero-order valence-electron chi connectivity index (χ0n) is 9.63. The standard InChI is InChI=1S/C8H21N6/c1-6-13(12-7(9)10)8(11-2)14(3,4)5/h6H2,1-5H3,(H4,9,10,12)/q+1/b11-8+. The lowest BCUT2D eigenvalue weighted by molar-refractivity contribution is -0.783. The first-order chi connectivity index (χ1) is 6.32. The summed E-state index contributed by atoms with van der Waals surface area (Å²) in [6.07, 6.45) is 0. The van der Waals surface area contributed by atoms with E-state index in [2.05, 4.69) is 10.4 Å². The topological polar surface area (TPSA) is 77.5 Å². The van der Waals surface area contributed by atoms with Crippen LogP contribution in [0, 0.1) is 5.41 Å². The van der Waals surface area contributed by atoms with E-state index >= 15 is 0 Å². The Hall–Kier alpha value is -1.30. The van der Waals surface area contributed by atoms with Crippen LogP contribution in [0.1, 0.15) is 6.92 Å². The number of hydrogen-bond acceptors (Lipinski definition) is 2. The van der Waals surface area contributed by atoms with Gasteiger partial charge in [-0.25, -0.2) is 10.0 Å². The Morgan fingerprint density at radius 2 is 2.00 bits per heavy atom. The minimum atomic E-state index is -0.0820. The third-order valence-electron chi connectivity index (χ3n) is 1.61. The van der Waals surface area contributed by atoms with E-state index in [4.69, 9.17) is 11.1 Å². The molecule has 0 aromatic carbocycles. The van der Waals surface area contributed by atoms with Crippen molar-refractivity contribution in [1.29, 1.82) is 5.41 Å². The summed E-state index contributed by atoms with van der Waals surface area (Å²) >= 11 is 0. The van der Waals surface area contributed by atoms with Crippen LogP contribution in [0.25, 0.3) is 0 Å². The van der Waals surface area contributed by atoms with Crippen LogP contribution in [0.3, 0.4) is 0 Å². The van der Waals surface area contributed by atoms with E-state index in [0.29, 0.717) is 11.0 Å². The van der Waals surface area contributed by atoms with Crippen LogP contribution in [0.4, 0.5) is 0 Å². The third kappa shape index (κ3) is 3.61. The molecule has 0 aliphatic heterocycles. The summed E-state index contributed by atoms with van der Waals surface area (Å²) in [7, 11) is 7.75. The van der Waals surface area contributed by atoms with Crippen molar-refractivity contribution in [3.8, 4) is 0 Å². The smallest absolute Gasteiger partial charge is 0.318 e. The lowest BCUT2D eigenvalue weighted by Gasteiger charge is -2.32. The molecule has 0 aromatic rings. The second-order valence-electron chi connectivity index (χ2n) is 3.81. The number of rotatable bonds is 1. The van der Waals surface area contributed by atoms with E-state index in [1.54, 1.807) is 12.1 Å². The number of quaternary nitrogens is 1. The van der Waals surface area contributed by atoms with Gasteiger partial charge in [-0.1, -0.05) is 0 Å². The number of nitrogens with zero attached hydrogens (tertiary/aromatic N) is 3. The molecule has 4 N–H and O–H groups in total. The Morgan fingerprint density at radius 3 is 2.21 bits per heavy atom. The molecule has 0 aromatic heterocycles. The van der Waals surface area contributed by atoms with Crippen LogP contribution in [-0.4, -0.2) is 56.1 Å². The van der Waals surface area contributed by atoms with Crippen molar-refractivity contribution in [2.75, 3.05) is 34.7 Å². The second-order valence-corrected chi connectivity index (χ2v) is 3.81. The molecule has 0 amide bonds. The van der Waals surface area contributed by atoms with Crippen molar-refractivity contribution >= 4 is 11.9 Å². The Balaban J connectivity index is 4.73. The normalized spacial score (nSPS) is 12.5. The molecule has 0 unspecified atom stereocenters. The second kappa shape index (κ2) is 4.80. The summed E-state index contributed by atoms with van der Waals surface area (Å²) in [6.45, 7) is 2.67. The molecule has 0 spiro atoms. The molecule has 0 fully saturated rings. The molecule has 0 rings (SSSR count). The number of hydrogen-bond donors (Lipinski definition) is 3. The van der Waals surface area contributed by atoms with Gasteiger partial charge in [-0.2, -0.15) is 0 Å². The highest BCUT2D eigenvalue weighted by molar-refractivity contribution is 5.79. The Bertz CT molecular complexity index is 226. The molecular formula is C8H21N6+. The highest BCUT2D eigenvalue weighted by atomic mass is 15.6. The van der Waals surface area contributed by atoms with Gasteiger partial charge in [0, 0.05) is 13.6 Å². The number of hydrazine groups is 1. The summed E-state index contributed by atoms with van der Waals surface area (Å²) < 4.78 is 0.574. The molecule has 0 saturated heterocycles. The van der Waals surface area contributed by atoms with Crippen molar-refractivity contribution in [2.45, 2.75) is 6.92 Å². The maximum Gasteiger partial charge on any atom is 0.318 e. The highest BCUT2D eigenvalue weighted by Crippen LogP contribution is 1.99. The minimum absolute atomic E-state index is 0.0820. The summed E-state index contributed by atoms with van der Waals surface area (Å²) in [6, 6.07) is 0. The lowest BCUT2D eigenvalue weighted by atomic mass is 10.6. The predicted octanol–water partition coefficient (Wildman–Crippen LogP) is -0.602. The van der Waals surface area contributed by atoms with Crippen molar-refractivity contribution < 1.29 is 4.48 Å². The fourth-order valence-corrected chi connectivity index (χ4v) is 1.20. The van der Waals surface area contributed by atoms with Gasteiger partial charge in [0.2, 0.25) is 5.96 Å². The van der Waals surface area contributed by atoms with Crippen molar-refractivity contribution in [3.05, 3.63) is 0 Å². The van der Waals surface area contributed by atoms with E-state index in [1.807, 2.05) is 28.1 Å². The van der Waals surface area contributed by atoms with Gasteiger partial charge in [-0.15, -0.1) is 0 Å². The largest absolute Gasteiger partial charge is 0.369 e. The Morgan fingerprint density at radius 1 is 1.50 bits per heavy atom. The Kier molecular flexibility index (Phi) is 4.36. The van der Waals surface area contributed by atoms with E-state index in [0.717, 1.165) is 5.96 Å². The average Bonchev–Trinajstić information content (AvgIpc) is 2.00. The predicted molar refractivity (Wildman–Crippen MR) is 58.8 cm³/mol. The molecule has 0 aliphatic carbocycles. The first-order valence-corrected chi connectivity index (χ1v) is 4.50. The van der Waals surface area contributed by atoms with Crippen molar-refractivity contribution in [2.24, 2.45) is 10.7 Å². The van der Waals surface area contributed by atoms with Crippen LogP contribution < -0.4 is 11.2 Å². The maximum absolute atomic E-state index is 7.16. The fraction of sp³-hybridized carbons (Fsp3) is 0.750. The molecule has 82 valence electrons. The molecule has 6 heteroatoms. The fourth-order valence-electron chi connectivity index (χ4n) is 1.20. The summed E-state index contributed by atoms with van der Waals surface area (Å²) in [4.78, 5) is 4.18. The number of nitrogens with one attached hydrogen (secondary N) is 2. The third-order valence-corrected chi connectivity index (χ3v) is 1.61. The summed E-state index contributed by atoms with van der Waals surface area (Å²) in [5.41, 5.74) is 8.01. The first kappa shape index (κ1) is 12.7. The molecule has 0 heterocycles. The lowest BCUT2D eigenvalue weighted by Crippen LogP contribution is -2.58. The molecule has 14 heavy (non-hydrogen) atoms. The number of nitrogens with two attached hydrogens (primary N) is 1. The van der Waals surface area contributed by atoms with E-state index in [1.165, 1.54) is 0 Å². The summed E-state index contributed by atoms with van der Waals surface area (Å²) in [5.74, 6) is 0.740. The minimum Gasteiger partial charge on any atom is -0.369 e. The van der Waals surface area contributed by atoms with Gasteiger partial charge in [-0.3, -0.25) is 15.3 Å². The number of aliphatic imine (C=N–C) groups is 1. The van der Waals surface area contributed by atoms with Crippen LogP contribution in [0.5, 0.6) is 0 Å². The van der Waals surface area contributed by atoms with Gasteiger partial charge in [0.1, 0.15) is 0 Å². The van der Waals surface area contributed by atoms with Crippen LogP contribution in [0.15, 0.2) is 4.99 Å². The Labute approximate surface area is 85.5 Å². The van der Waals surface area contributed by atoms with Gasteiger partial charge in [0.15, 0.2) is 0 Å².